The molecular weight excluding hydrogens is 791 g/mol. The summed E-state index contributed by atoms with van der Waals surface area (Å²) in [6, 6.07) is -1.01. The Morgan fingerprint density at radius 2 is 0.656 bits per heavy atom. The van der Waals surface area contributed by atoms with Gasteiger partial charge in [-0.3, -0.25) is 4.79 Å². The van der Waals surface area contributed by atoms with Crippen LogP contribution in [0.15, 0.2) is 36.5 Å². The van der Waals surface area contributed by atoms with Gasteiger partial charge in [-0.2, -0.15) is 0 Å². The third-order valence-corrected chi connectivity index (χ3v) is 13.3. The summed E-state index contributed by atoms with van der Waals surface area (Å²) in [5.41, 5.74) is 0. The largest absolute Gasteiger partial charge is 0.394 e. The molecule has 0 fully saturated rings. The number of nitrogens with one attached hydrogen (secondary N) is 1. The van der Waals surface area contributed by atoms with Crippen molar-refractivity contribution in [2.75, 3.05) is 6.61 Å². The van der Waals surface area contributed by atoms with Crippen LogP contribution in [0.3, 0.4) is 0 Å². The number of amides is 1. The molecule has 1 amide bonds. The van der Waals surface area contributed by atoms with Crippen LogP contribution < -0.4 is 5.32 Å². The molecule has 0 aromatic rings. The summed E-state index contributed by atoms with van der Waals surface area (Å²) in [6.45, 7) is 4.02. The highest BCUT2D eigenvalue weighted by molar-refractivity contribution is 5.80. The molecule has 0 radical (unpaired) electrons. The topological polar surface area (TPSA) is 110 Å². The van der Waals surface area contributed by atoms with Gasteiger partial charge in [0.2, 0.25) is 5.91 Å². The molecule has 0 aromatic heterocycles. The second-order valence-electron chi connectivity index (χ2n) is 19.6. The van der Waals surface area contributed by atoms with Gasteiger partial charge < -0.3 is 25.7 Å². The van der Waals surface area contributed by atoms with Crippen LogP contribution in [0.25, 0.3) is 0 Å². The zero-order valence-corrected chi connectivity index (χ0v) is 42.8. The van der Waals surface area contributed by atoms with E-state index < -0.39 is 36.9 Å². The molecule has 0 saturated heterocycles. The predicted octanol–water partition coefficient (Wildman–Crippen LogP) is 16.4. The summed E-state index contributed by atoms with van der Waals surface area (Å²) >= 11 is 0. The van der Waals surface area contributed by atoms with Gasteiger partial charge in [0.15, 0.2) is 0 Å². The summed E-state index contributed by atoms with van der Waals surface area (Å²) in [5, 5.41) is 43.7. The first-order valence-corrected chi connectivity index (χ1v) is 28.4. The van der Waals surface area contributed by atoms with Gasteiger partial charge in [-0.05, 0) is 77.0 Å². The Morgan fingerprint density at radius 1 is 0.375 bits per heavy atom. The summed E-state index contributed by atoms with van der Waals surface area (Å²) in [5.74, 6) is -0.596. The first-order valence-electron chi connectivity index (χ1n) is 28.4. The molecule has 0 heterocycles. The van der Waals surface area contributed by atoms with Crippen molar-refractivity contribution in [2.45, 2.75) is 321 Å². The molecule has 0 aromatic carbocycles. The fourth-order valence-corrected chi connectivity index (χ4v) is 8.83. The maximum atomic E-state index is 12.5. The van der Waals surface area contributed by atoms with E-state index in [2.05, 4.69) is 55.6 Å². The monoisotopic (exact) mass is 902 g/mol. The number of hydrogen-bond donors (Lipinski definition) is 5. The molecule has 6 heteroatoms. The summed E-state index contributed by atoms with van der Waals surface area (Å²) in [4.78, 5) is 12.5. The lowest BCUT2D eigenvalue weighted by molar-refractivity contribution is -0.132. The maximum Gasteiger partial charge on any atom is 0.249 e. The number of carbonyl (C=O) groups excluding carboxylic acids is 1. The SMILES string of the molecule is CCCCC/C=C/CC/C=C/CCCC(O)C(O)C(CO)NC(=O)C(O)CCCCCCCCCCCCCCCCCC/C=C\CCCCCCCCCCCCCCCCCC. The first-order chi connectivity index (χ1) is 31.5. The first kappa shape index (κ1) is 62.5. The molecule has 0 rings (SSSR count). The molecule has 64 heavy (non-hydrogen) atoms. The Bertz CT molecular complexity index is 1010. The fraction of sp³-hybridized carbons (Fsp3) is 0.879. The molecule has 4 atom stereocenters. The van der Waals surface area contributed by atoms with E-state index in [9.17, 15) is 25.2 Å². The molecule has 0 saturated carbocycles. The number of aliphatic hydroxyl groups excluding tert-OH is 4. The normalized spacial score (nSPS) is 14.0. The molecule has 4 unspecified atom stereocenters. The van der Waals surface area contributed by atoms with Crippen LogP contribution in [-0.2, 0) is 4.79 Å². The minimum absolute atomic E-state index is 0.362. The van der Waals surface area contributed by atoms with E-state index in [-0.39, 0.29) is 0 Å². The minimum Gasteiger partial charge on any atom is -0.394 e. The van der Waals surface area contributed by atoms with E-state index in [1.807, 2.05) is 0 Å². The summed E-state index contributed by atoms with van der Waals surface area (Å²) in [6.07, 6.45) is 65.3. The number of aliphatic hydroxyl groups is 4. The van der Waals surface area contributed by atoms with Crippen molar-refractivity contribution >= 4 is 5.91 Å². The molecule has 6 nitrogen and oxygen atoms in total. The van der Waals surface area contributed by atoms with Crippen molar-refractivity contribution in [1.82, 2.24) is 5.32 Å². The number of hydrogen-bond acceptors (Lipinski definition) is 5. The van der Waals surface area contributed by atoms with E-state index in [0.29, 0.717) is 19.3 Å². The molecule has 0 aliphatic rings. The van der Waals surface area contributed by atoms with E-state index >= 15 is 0 Å². The summed E-state index contributed by atoms with van der Waals surface area (Å²) < 4.78 is 0. The maximum absolute atomic E-state index is 12.5. The van der Waals surface area contributed by atoms with Crippen molar-refractivity contribution in [2.24, 2.45) is 0 Å². The van der Waals surface area contributed by atoms with Crippen LogP contribution >= 0.6 is 0 Å². The molecule has 0 aliphatic carbocycles. The number of carbonyl (C=O) groups is 1. The van der Waals surface area contributed by atoms with Crippen molar-refractivity contribution < 1.29 is 25.2 Å². The van der Waals surface area contributed by atoms with Crippen molar-refractivity contribution in [1.29, 1.82) is 0 Å². The lowest BCUT2D eigenvalue weighted by Gasteiger charge is -2.27. The minimum atomic E-state index is -1.29. The van der Waals surface area contributed by atoms with Gasteiger partial charge in [-0.1, -0.05) is 256 Å². The van der Waals surface area contributed by atoms with Crippen molar-refractivity contribution in [3.63, 3.8) is 0 Å². The smallest absolute Gasteiger partial charge is 0.249 e. The van der Waals surface area contributed by atoms with E-state index in [4.69, 9.17) is 0 Å². The highest BCUT2D eigenvalue weighted by Gasteiger charge is 2.28. The second kappa shape index (κ2) is 52.5. The van der Waals surface area contributed by atoms with Gasteiger partial charge in [-0.25, -0.2) is 0 Å². The fourth-order valence-electron chi connectivity index (χ4n) is 8.83. The lowest BCUT2D eigenvalue weighted by Crippen LogP contribution is -2.53. The van der Waals surface area contributed by atoms with Crippen LogP contribution in [0.2, 0.25) is 0 Å². The number of rotatable bonds is 52. The molecule has 0 aliphatic heterocycles. The molecule has 0 bridgehead atoms. The van der Waals surface area contributed by atoms with Crippen molar-refractivity contribution in [3.8, 4) is 0 Å². The lowest BCUT2D eigenvalue weighted by atomic mass is 10.00. The van der Waals surface area contributed by atoms with Gasteiger partial charge in [0, 0.05) is 0 Å². The van der Waals surface area contributed by atoms with Gasteiger partial charge in [0.05, 0.1) is 18.8 Å². The van der Waals surface area contributed by atoms with E-state index in [1.54, 1.807) is 0 Å². The Balaban J connectivity index is 3.53. The number of unbranched alkanes of at least 4 members (excludes halogenated alkanes) is 37. The standard InChI is InChI=1S/C58H111NO5/c1-3-5-7-9-11-13-15-17-18-19-20-21-22-23-24-25-26-27-28-29-30-31-32-33-34-35-36-37-38-39-40-42-44-46-48-50-52-56(62)58(64)59-54(53-60)57(63)55(61)51-49-47-45-43-41-16-14-12-10-8-6-4-2/h12,14,27-28,43,45,54-57,60-63H,3-11,13,15-26,29-42,44,46-53H2,1-2H3,(H,59,64)/b14-12+,28-27-,45-43+. The van der Waals surface area contributed by atoms with Gasteiger partial charge in [0.25, 0.3) is 0 Å². The highest BCUT2D eigenvalue weighted by atomic mass is 16.3. The molecule has 0 spiro atoms. The molecular formula is C58H111NO5. The van der Waals surface area contributed by atoms with Crippen LogP contribution in [0.1, 0.15) is 296 Å². The van der Waals surface area contributed by atoms with Gasteiger partial charge in [0.1, 0.15) is 12.2 Å². The van der Waals surface area contributed by atoms with Crippen LogP contribution in [0.4, 0.5) is 0 Å². The van der Waals surface area contributed by atoms with Gasteiger partial charge in [-0.15, -0.1) is 0 Å². The third-order valence-electron chi connectivity index (χ3n) is 13.3. The van der Waals surface area contributed by atoms with Crippen LogP contribution in [-0.4, -0.2) is 57.3 Å². The quantitative estimate of drug-likeness (QED) is 0.0309. The number of allylic oxidation sites excluding steroid dienone is 6. The Hall–Kier alpha value is -1.47. The zero-order valence-electron chi connectivity index (χ0n) is 42.8. The van der Waals surface area contributed by atoms with Crippen molar-refractivity contribution in [3.05, 3.63) is 36.5 Å². The third kappa shape index (κ3) is 45.7. The second-order valence-corrected chi connectivity index (χ2v) is 19.6. The highest BCUT2D eigenvalue weighted by Crippen LogP contribution is 2.17. The van der Waals surface area contributed by atoms with Crippen LogP contribution in [0.5, 0.6) is 0 Å². The average Bonchev–Trinajstić information content (AvgIpc) is 3.30. The Kier molecular flexibility index (Phi) is 51.3. The Morgan fingerprint density at radius 3 is 1.02 bits per heavy atom. The van der Waals surface area contributed by atoms with E-state index in [0.717, 1.165) is 44.9 Å². The molecule has 378 valence electrons. The van der Waals surface area contributed by atoms with Gasteiger partial charge >= 0.3 is 0 Å². The predicted molar refractivity (Wildman–Crippen MR) is 279 cm³/mol. The average molecular weight is 903 g/mol. The summed E-state index contributed by atoms with van der Waals surface area (Å²) in [7, 11) is 0. The van der Waals surface area contributed by atoms with Crippen LogP contribution in [0, 0.1) is 0 Å². The van der Waals surface area contributed by atoms with E-state index in [1.165, 1.54) is 218 Å². The molecule has 5 N–H and O–H groups in total. The zero-order chi connectivity index (χ0) is 46.7. The Labute approximate surface area is 398 Å².